The van der Waals surface area contributed by atoms with E-state index < -0.39 is 6.17 Å². The van der Waals surface area contributed by atoms with Crippen molar-refractivity contribution in [3.8, 4) is 0 Å². The van der Waals surface area contributed by atoms with E-state index in [-0.39, 0.29) is 24.4 Å². The second-order valence-corrected chi connectivity index (χ2v) is 3.60. The summed E-state index contributed by atoms with van der Waals surface area (Å²) in [5.41, 5.74) is 5.17. The van der Waals surface area contributed by atoms with Gasteiger partial charge in [-0.25, -0.2) is 4.39 Å². The van der Waals surface area contributed by atoms with Gasteiger partial charge in [0.05, 0.1) is 0 Å². The average Bonchev–Trinajstić information content (AvgIpc) is 1.62. The molecule has 1 atom stereocenters. The van der Waals surface area contributed by atoms with Crippen LogP contribution < -0.4 is 5.73 Å². The molecule has 0 heterocycles. The second-order valence-electron chi connectivity index (χ2n) is 3.60. The van der Waals surface area contributed by atoms with E-state index in [0.29, 0.717) is 6.42 Å². The zero-order valence-electron chi connectivity index (χ0n) is 6.86. The average molecular weight is 170 g/mol. The molecule has 0 spiro atoms. The maximum Gasteiger partial charge on any atom is 0.113 e. The smallest absolute Gasteiger partial charge is 0.113 e. The Bertz CT molecular complexity index is 80.2. The number of hydrogen-bond acceptors (Lipinski definition) is 1. The maximum atomic E-state index is 12.5. The molecule has 0 bridgehead atoms. The minimum absolute atomic E-state index is 0. The highest BCUT2D eigenvalue weighted by Crippen LogP contribution is 2.21. The zero-order chi connectivity index (χ0) is 7.49. The fraction of sp³-hybridized carbons (Fsp3) is 1.00. The van der Waals surface area contributed by atoms with Crippen LogP contribution in [0.15, 0.2) is 0 Å². The van der Waals surface area contributed by atoms with Gasteiger partial charge in [-0.3, -0.25) is 0 Å². The maximum absolute atomic E-state index is 12.5. The quantitative estimate of drug-likeness (QED) is 0.674. The van der Waals surface area contributed by atoms with Crippen LogP contribution in [0.25, 0.3) is 0 Å². The van der Waals surface area contributed by atoms with Crippen LogP contribution in [0.1, 0.15) is 27.2 Å². The number of halogens is 2. The summed E-state index contributed by atoms with van der Waals surface area (Å²) in [6, 6.07) is 0. The van der Waals surface area contributed by atoms with Crippen molar-refractivity contribution < 1.29 is 4.39 Å². The fourth-order valence-corrected chi connectivity index (χ4v) is 0.748. The third kappa shape index (κ3) is 8.18. The molecule has 0 aromatic heterocycles. The molecule has 1 unspecified atom stereocenters. The van der Waals surface area contributed by atoms with Crippen LogP contribution in [-0.4, -0.2) is 12.7 Å². The van der Waals surface area contributed by atoms with Gasteiger partial charge in [0.2, 0.25) is 0 Å². The molecule has 0 aromatic carbocycles. The van der Waals surface area contributed by atoms with E-state index >= 15 is 0 Å². The third-order valence-electron chi connectivity index (χ3n) is 1.09. The van der Waals surface area contributed by atoms with Crippen molar-refractivity contribution in [2.24, 2.45) is 11.1 Å². The largest absolute Gasteiger partial charge is 0.328 e. The van der Waals surface area contributed by atoms with Crippen LogP contribution in [0.5, 0.6) is 0 Å². The Morgan fingerprint density at radius 3 is 1.90 bits per heavy atom. The topological polar surface area (TPSA) is 26.0 Å². The van der Waals surface area contributed by atoms with Crippen molar-refractivity contribution in [2.75, 3.05) is 6.54 Å². The van der Waals surface area contributed by atoms with Crippen molar-refractivity contribution >= 4 is 12.4 Å². The first-order valence-corrected chi connectivity index (χ1v) is 3.30. The SMILES string of the molecule is CC(C)(C)CC(F)CN.Cl. The summed E-state index contributed by atoms with van der Waals surface area (Å²) in [5.74, 6) is 0. The van der Waals surface area contributed by atoms with Gasteiger partial charge in [0.25, 0.3) is 0 Å². The van der Waals surface area contributed by atoms with Crippen molar-refractivity contribution in [1.82, 2.24) is 0 Å². The molecular formula is C7H17ClFN. The van der Waals surface area contributed by atoms with Gasteiger partial charge < -0.3 is 5.73 Å². The monoisotopic (exact) mass is 169 g/mol. The van der Waals surface area contributed by atoms with E-state index in [1.807, 2.05) is 20.8 Å². The van der Waals surface area contributed by atoms with Gasteiger partial charge in [0.1, 0.15) is 6.17 Å². The molecule has 0 aliphatic carbocycles. The normalized spacial score (nSPS) is 14.1. The van der Waals surface area contributed by atoms with Crippen molar-refractivity contribution in [3.05, 3.63) is 0 Å². The van der Waals surface area contributed by atoms with Gasteiger partial charge >= 0.3 is 0 Å². The van der Waals surface area contributed by atoms with E-state index in [4.69, 9.17) is 5.73 Å². The Hall–Kier alpha value is 0.180. The molecule has 1 nitrogen and oxygen atoms in total. The Kier molecular flexibility index (Phi) is 6.30. The molecule has 0 saturated carbocycles. The van der Waals surface area contributed by atoms with Gasteiger partial charge in [-0.15, -0.1) is 12.4 Å². The summed E-state index contributed by atoms with van der Waals surface area (Å²) in [5, 5.41) is 0. The van der Waals surface area contributed by atoms with E-state index in [1.165, 1.54) is 0 Å². The lowest BCUT2D eigenvalue weighted by atomic mass is 9.90. The molecule has 0 amide bonds. The highest BCUT2D eigenvalue weighted by atomic mass is 35.5. The van der Waals surface area contributed by atoms with Gasteiger partial charge in [-0.1, -0.05) is 20.8 Å². The number of alkyl halides is 1. The lowest BCUT2D eigenvalue weighted by Crippen LogP contribution is -2.21. The highest BCUT2D eigenvalue weighted by Gasteiger charge is 2.16. The first kappa shape index (κ1) is 12.8. The van der Waals surface area contributed by atoms with Crippen LogP contribution >= 0.6 is 12.4 Å². The molecule has 0 aliphatic rings. The van der Waals surface area contributed by atoms with E-state index in [1.54, 1.807) is 0 Å². The molecule has 0 radical (unpaired) electrons. The van der Waals surface area contributed by atoms with Crippen LogP contribution in [-0.2, 0) is 0 Å². The minimum Gasteiger partial charge on any atom is -0.328 e. The number of hydrogen-bond donors (Lipinski definition) is 1. The molecule has 0 rings (SSSR count). The Labute approximate surface area is 68.6 Å². The first-order valence-electron chi connectivity index (χ1n) is 3.30. The van der Waals surface area contributed by atoms with Crippen LogP contribution in [0.2, 0.25) is 0 Å². The van der Waals surface area contributed by atoms with Crippen molar-refractivity contribution in [3.63, 3.8) is 0 Å². The van der Waals surface area contributed by atoms with Gasteiger partial charge in [-0.05, 0) is 11.8 Å². The molecule has 3 heteroatoms. The predicted molar refractivity (Wildman–Crippen MR) is 45.3 cm³/mol. The number of rotatable bonds is 2. The summed E-state index contributed by atoms with van der Waals surface area (Å²) < 4.78 is 12.5. The van der Waals surface area contributed by atoms with E-state index in [9.17, 15) is 4.39 Å². The Balaban J connectivity index is 0. The molecular weight excluding hydrogens is 153 g/mol. The van der Waals surface area contributed by atoms with Gasteiger partial charge in [-0.2, -0.15) is 0 Å². The predicted octanol–water partition coefficient (Wildman–Crippen LogP) is 2.14. The van der Waals surface area contributed by atoms with Gasteiger partial charge in [0.15, 0.2) is 0 Å². The molecule has 0 saturated heterocycles. The standard InChI is InChI=1S/C7H16FN.ClH/c1-7(2,3)4-6(8)5-9;/h6H,4-5,9H2,1-3H3;1H. The molecule has 0 aromatic rings. The third-order valence-corrected chi connectivity index (χ3v) is 1.09. The van der Waals surface area contributed by atoms with Crippen molar-refractivity contribution in [2.45, 2.75) is 33.4 Å². The summed E-state index contributed by atoms with van der Waals surface area (Å²) in [6.07, 6.45) is -0.270. The number of nitrogens with two attached hydrogens (primary N) is 1. The summed E-state index contributed by atoms with van der Waals surface area (Å²) in [4.78, 5) is 0. The minimum atomic E-state index is -0.829. The van der Waals surface area contributed by atoms with Crippen LogP contribution in [0.3, 0.4) is 0 Å². The zero-order valence-corrected chi connectivity index (χ0v) is 7.67. The second kappa shape index (κ2) is 4.91. The van der Waals surface area contributed by atoms with Crippen LogP contribution in [0.4, 0.5) is 4.39 Å². The van der Waals surface area contributed by atoms with E-state index in [0.717, 1.165) is 0 Å². The lowest BCUT2D eigenvalue weighted by Gasteiger charge is -2.19. The molecule has 0 aliphatic heterocycles. The van der Waals surface area contributed by atoms with Crippen molar-refractivity contribution in [1.29, 1.82) is 0 Å². The summed E-state index contributed by atoms with van der Waals surface area (Å²) in [7, 11) is 0. The first-order chi connectivity index (χ1) is 3.95. The van der Waals surface area contributed by atoms with E-state index in [2.05, 4.69) is 0 Å². The molecule has 64 valence electrons. The molecule has 0 fully saturated rings. The highest BCUT2D eigenvalue weighted by molar-refractivity contribution is 5.85. The molecule has 10 heavy (non-hydrogen) atoms. The van der Waals surface area contributed by atoms with Crippen LogP contribution in [0, 0.1) is 5.41 Å². The van der Waals surface area contributed by atoms with Gasteiger partial charge in [0, 0.05) is 6.54 Å². The summed E-state index contributed by atoms with van der Waals surface area (Å²) >= 11 is 0. The fourth-order valence-electron chi connectivity index (χ4n) is 0.748. The summed E-state index contributed by atoms with van der Waals surface area (Å²) in [6.45, 7) is 6.18. The Morgan fingerprint density at radius 1 is 1.40 bits per heavy atom. The Morgan fingerprint density at radius 2 is 1.80 bits per heavy atom. The molecule has 2 N–H and O–H groups in total. The lowest BCUT2D eigenvalue weighted by molar-refractivity contribution is 0.230.